The van der Waals surface area contributed by atoms with Crippen molar-refractivity contribution in [3.05, 3.63) is 71.0 Å². The van der Waals surface area contributed by atoms with Crippen molar-refractivity contribution in [3.8, 4) is 18.4 Å². The fourth-order valence-electron chi connectivity index (χ4n) is 2.12. The predicted octanol–water partition coefficient (Wildman–Crippen LogP) is 3.55. The number of benzene rings is 2. The van der Waals surface area contributed by atoms with Crippen LogP contribution in [0.1, 0.15) is 29.2 Å². The maximum Gasteiger partial charge on any atom is 0.140 e. The Labute approximate surface area is 124 Å². The quantitative estimate of drug-likeness (QED) is 0.849. The van der Waals surface area contributed by atoms with E-state index >= 15 is 0 Å². The van der Waals surface area contributed by atoms with E-state index < -0.39 is 5.82 Å². The summed E-state index contributed by atoms with van der Waals surface area (Å²) in [5.74, 6) is 2.16. The Kier molecular flexibility index (Phi) is 5.10. The summed E-state index contributed by atoms with van der Waals surface area (Å²) in [6.07, 6.45) is 5.98. The van der Waals surface area contributed by atoms with Crippen molar-refractivity contribution in [2.24, 2.45) is 0 Å². The molecule has 1 atom stereocenters. The second kappa shape index (κ2) is 7.24. The van der Waals surface area contributed by atoms with Crippen LogP contribution in [0.5, 0.6) is 0 Å². The van der Waals surface area contributed by atoms with Gasteiger partial charge in [-0.2, -0.15) is 5.26 Å². The number of nitrogens with zero attached hydrogens (tertiary/aromatic N) is 1. The van der Waals surface area contributed by atoms with Gasteiger partial charge in [-0.25, -0.2) is 4.39 Å². The third kappa shape index (κ3) is 3.92. The van der Waals surface area contributed by atoms with Crippen LogP contribution in [0.25, 0.3) is 0 Å². The van der Waals surface area contributed by atoms with Crippen molar-refractivity contribution in [3.63, 3.8) is 0 Å². The van der Waals surface area contributed by atoms with Gasteiger partial charge in [-0.3, -0.25) is 0 Å². The molecule has 0 heterocycles. The maximum atomic E-state index is 13.3. The molecule has 0 aliphatic heterocycles. The van der Waals surface area contributed by atoms with Gasteiger partial charge in [0.05, 0.1) is 5.56 Å². The molecule has 0 aromatic heterocycles. The van der Waals surface area contributed by atoms with Crippen LogP contribution in [0.2, 0.25) is 0 Å². The van der Waals surface area contributed by atoms with Crippen molar-refractivity contribution in [2.45, 2.75) is 19.0 Å². The Morgan fingerprint density at radius 2 is 1.95 bits per heavy atom. The summed E-state index contributed by atoms with van der Waals surface area (Å²) in [5.41, 5.74) is 2.02. The van der Waals surface area contributed by atoms with Crippen LogP contribution in [0.4, 0.5) is 4.39 Å². The Balaban J connectivity index is 2.10. The Morgan fingerprint density at radius 3 is 2.62 bits per heavy atom. The minimum absolute atomic E-state index is 0.0341. The average Bonchev–Trinajstić information content (AvgIpc) is 2.53. The maximum absolute atomic E-state index is 13.3. The summed E-state index contributed by atoms with van der Waals surface area (Å²) in [5, 5.41) is 12.2. The summed E-state index contributed by atoms with van der Waals surface area (Å²) in [7, 11) is 0. The minimum atomic E-state index is -0.496. The minimum Gasteiger partial charge on any atom is -0.305 e. The molecule has 0 saturated heterocycles. The highest BCUT2D eigenvalue weighted by Crippen LogP contribution is 2.17. The lowest BCUT2D eigenvalue weighted by Crippen LogP contribution is -2.20. The summed E-state index contributed by atoms with van der Waals surface area (Å²) >= 11 is 0. The summed E-state index contributed by atoms with van der Waals surface area (Å²) in [6, 6.07) is 16.3. The molecule has 0 bridgehead atoms. The lowest BCUT2D eigenvalue weighted by atomic mass is 10.0. The smallest absolute Gasteiger partial charge is 0.140 e. The lowest BCUT2D eigenvalue weighted by Gasteiger charge is -2.17. The molecule has 2 rings (SSSR count). The number of hydrogen-bond donors (Lipinski definition) is 1. The van der Waals surface area contributed by atoms with Crippen molar-refractivity contribution >= 4 is 0 Å². The van der Waals surface area contributed by atoms with Crippen LogP contribution in [0.3, 0.4) is 0 Å². The Hall–Kier alpha value is -2.62. The van der Waals surface area contributed by atoms with E-state index in [0.29, 0.717) is 13.0 Å². The molecule has 2 aromatic rings. The molecule has 0 aliphatic carbocycles. The zero-order valence-electron chi connectivity index (χ0n) is 11.5. The van der Waals surface area contributed by atoms with Gasteiger partial charge in [-0.1, -0.05) is 36.4 Å². The van der Waals surface area contributed by atoms with Crippen LogP contribution in [0, 0.1) is 29.5 Å². The fourth-order valence-corrected chi connectivity index (χ4v) is 2.12. The van der Waals surface area contributed by atoms with Gasteiger partial charge in [0, 0.05) is 19.0 Å². The molecule has 0 fully saturated rings. The highest BCUT2D eigenvalue weighted by molar-refractivity contribution is 5.34. The standard InChI is InChI=1S/C18H15FN2/c1-2-6-18(15-7-4-3-5-8-15)21-13-14-9-10-17(19)16(11-14)12-20/h1,3-5,7-11,18,21H,6,13H2/t18-/m0/s1. The highest BCUT2D eigenvalue weighted by Gasteiger charge is 2.10. The third-order valence-corrected chi connectivity index (χ3v) is 3.23. The first kappa shape index (κ1) is 14.8. The van der Waals surface area contributed by atoms with Crippen molar-refractivity contribution in [2.75, 3.05) is 0 Å². The summed E-state index contributed by atoms with van der Waals surface area (Å²) < 4.78 is 13.3. The zero-order chi connectivity index (χ0) is 15.1. The molecule has 3 heteroatoms. The molecule has 0 saturated carbocycles. The lowest BCUT2D eigenvalue weighted by molar-refractivity contribution is 0.543. The average molecular weight is 278 g/mol. The van der Waals surface area contributed by atoms with Crippen LogP contribution >= 0.6 is 0 Å². The number of nitriles is 1. The predicted molar refractivity (Wildman–Crippen MR) is 80.6 cm³/mol. The third-order valence-electron chi connectivity index (χ3n) is 3.23. The molecule has 0 unspecified atom stereocenters. The Morgan fingerprint density at radius 1 is 1.19 bits per heavy atom. The zero-order valence-corrected chi connectivity index (χ0v) is 11.5. The topological polar surface area (TPSA) is 35.8 Å². The second-order valence-electron chi connectivity index (χ2n) is 4.68. The molecule has 1 N–H and O–H groups in total. The van der Waals surface area contributed by atoms with Gasteiger partial charge < -0.3 is 5.32 Å². The van der Waals surface area contributed by atoms with Crippen molar-refractivity contribution in [1.82, 2.24) is 5.32 Å². The van der Waals surface area contributed by atoms with Gasteiger partial charge in [0.1, 0.15) is 11.9 Å². The van der Waals surface area contributed by atoms with E-state index in [0.717, 1.165) is 11.1 Å². The molecule has 0 spiro atoms. The van der Waals surface area contributed by atoms with Crippen LogP contribution in [0.15, 0.2) is 48.5 Å². The van der Waals surface area contributed by atoms with Gasteiger partial charge in [-0.05, 0) is 23.3 Å². The van der Waals surface area contributed by atoms with Gasteiger partial charge in [0.25, 0.3) is 0 Å². The van der Waals surface area contributed by atoms with Crippen LogP contribution in [-0.4, -0.2) is 0 Å². The summed E-state index contributed by atoms with van der Waals surface area (Å²) in [4.78, 5) is 0. The van der Waals surface area contributed by atoms with Gasteiger partial charge in [0.2, 0.25) is 0 Å². The van der Waals surface area contributed by atoms with E-state index in [1.54, 1.807) is 12.1 Å². The first-order chi connectivity index (χ1) is 10.2. The molecule has 104 valence electrons. The van der Waals surface area contributed by atoms with E-state index in [1.165, 1.54) is 6.07 Å². The van der Waals surface area contributed by atoms with E-state index in [2.05, 4.69) is 11.2 Å². The number of nitrogens with one attached hydrogen (secondary N) is 1. The Bertz CT molecular complexity index is 681. The fraction of sp³-hybridized carbons (Fsp3) is 0.167. The molecular formula is C18H15FN2. The van der Waals surface area contributed by atoms with E-state index in [1.807, 2.05) is 36.4 Å². The molecule has 2 nitrogen and oxygen atoms in total. The SMILES string of the molecule is C#CC[C@H](NCc1ccc(F)c(C#N)c1)c1ccccc1. The van der Waals surface area contributed by atoms with E-state index in [4.69, 9.17) is 11.7 Å². The molecule has 2 aromatic carbocycles. The number of halogens is 1. The first-order valence-corrected chi connectivity index (χ1v) is 6.65. The normalized spacial score (nSPS) is 11.4. The van der Waals surface area contributed by atoms with E-state index in [9.17, 15) is 4.39 Å². The number of terminal acetylenes is 1. The van der Waals surface area contributed by atoms with E-state index in [-0.39, 0.29) is 11.6 Å². The van der Waals surface area contributed by atoms with Crippen LogP contribution < -0.4 is 5.32 Å². The first-order valence-electron chi connectivity index (χ1n) is 6.65. The molecular weight excluding hydrogens is 263 g/mol. The van der Waals surface area contributed by atoms with Gasteiger partial charge in [-0.15, -0.1) is 12.3 Å². The molecule has 0 amide bonds. The largest absolute Gasteiger partial charge is 0.305 e. The summed E-state index contributed by atoms with van der Waals surface area (Å²) in [6.45, 7) is 0.524. The molecule has 0 aliphatic rings. The van der Waals surface area contributed by atoms with Crippen molar-refractivity contribution in [1.29, 1.82) is 5.26 Å². The highest BCUT2D eigenvalue weighted by atomic mass is 19.1. The van der Waals surface area contributed by atoms with Gasteiger partial charge in [0.15, 0.2) is 0 Å². The molecule has 21 heavy (non-hydrogen) atoms. The van der Waals surface area contributed by atoms with Gasteiger partial charge >= 0.3 is 0 Å². The number of hydrogen-bond acceptors (Lipinski definition) is 2. The number of rotatable bonds is 5. The second-order valence-corrected chi connectivity index (χ2v) is 4.68. The monoisotopic (exact) mass is 278 g/mol. The van der Waals surface area contributed by atoms with Crippen LogP contribution in [-0.2, 0) is 6.54 Å². The molecule has 0 radical (unpaired) electrons. The van der Waals surface area contributed by atoms with Crippen molar-refractivity contribution < 1.29 is 4.39 Å².